The Bertz CT molecular complexity index is 706. The SMILES string of the molecule is O=C1CC([NH2+]Cc2ccncc2)C(=O)N1c1cccc(Cl)c1. The molecule has 112 valence electrons. The average molecular weight is 317 g/mol. The fourth-order valence-electron chi connectivity index (χ4n) is 2.52. The van der Waals surface area contributed by atoms with E-state index in [0.29, 0.717) is 17.3 Å². The van der Waals surface area contributed by atoms with E-state index in [2.05, 4.69) is 4.98 Å². The molecule has 2 aromatic rings. The molecule has 2 amide bonds. The number of pyridine rings is 1. The molecule has 5 nitrogen and oxygen atoms in total. The third-order valence-electron chi connectivity index (χ3n) is 3.64. The number of hydrogen-bond acceptors (Lipinski definition) is 3. The second-order valence-corrected chi connectivity index (χ2v) is 5.59. The number of benzene rings is 1. The Morgan fingerprint density at radius 3 is 2.73 bits per heavy atom. The molecule has 0 aliphatic carbocycles. The second-order valence-electron chi connectivity index (χ2n) is 5.15. The van der Waals surface area contributed by atoms with E-state index in [4.69, 9.17) is 11.6 Å². The molecule has 0 spiro atoms. The van der Waals surface area contributed by atoms with Crippen LogP contribution in [-0.2, 0) is 16.1 Å². The average Bonchev–Trinajstić information content (AvgIpc) is 2.80. The van der Waals surface area contributed by atoms with E-state index in [1.807, 2.05) is 17.4 Å². The summed E-state index contributed by atoms with van der Waals surface area (Å²) in [5.41, 5.74) is 1.60. The first-order valence-electron chi connectivity index (χ1n) is 7.00. The Hall–Kier alpha value is -2.24. The van der Waals surface area contributed by atoms with Gasteiger partial charge in [0.25, 0.3) is 5.91 Å². The first-order chi connectivity index (χ1) is 10.6. The molecule has 0 saturated carbocycles. The normalized spacial score (nSPS) is 18.0. The lowest BCUT2D eigenvalue weighted by molar-refractivity contribution is -0.690. The highest BCUT2D eigenvalue weighted by Crippen LogP contribution is 2.24. The van der Waals surface area contributed by atoms with E-state index < -0.39 is 0 Å². The minimum absolute atomic E-state index is 0.191. The van der Waals surface area contributed by atoms with Crippen molar-refractivity contribution in [3.05, 3.63) is 59.4 Å². The molecular formula is C16H15ClN3O2+. The molecule has 0 bridgehead atoms. The molecule has 3 rings (SSSR count). The number of carbonyl (C=O) groups is 2. The summed E-state index contributed by atoms with van der Waals surface area (Å²) < 4.78 is 0. The van der Waals surface area contributed by atoms with Crippen molar-refractivity contribution < 1.29 is 14.9 Å². The lowest BCUT2D eigenvalue weighted by Crippen LogP contribution is -2.90. The Kier molecular flexibility index (Phi) is 4.18. The number of halogens is 1. The van der Waals surface area contributed by atoms with Gasteiger partial charge in [0.05, 0.1) is 12.1 Å². The Morgan fingerprint density at radius 2 is 2.00 bits per heavy atom. The van der Waals surface area contributed by atoms with Crippen LogP contribution < -0.4 is 10.2 Å². The highest BCUT2D eigenvalue weighted by Gasteiger charge is 2.42. The number of imide groups is 1. The van der Waals surface area contributed by atoms with Crippen molar-refractivity contribution >= 4 is 29.1 Å². The maximum Gasteiger partial charge on any atom is 0.292 e. The number of hydrogen-bond donors (Lipinski definition) is 1. The first-order valence-corrected chi connectivity index (χ1v) is 7.37. The van der Waals surface area contributed by atoms with Gasteiger partial charge in [-0.15, -0.1) is 0 Å². The molecule has 1 aliphatic rings. The van der Waals surface area contributed by atoms with Gasteiger partial charge in [-0.2, -0.15) is 0 Å². The van der Waals surface area contributed by atoms with Crippen LogP contribution in [0.4, 0.5) is 5.69 Å². The van der Waals surface area contributed by atoms with Crippen molar-refractivity contribution in [2.75, 3.05) is 4.90 Å². The number of rotatable bonds is 4. The summed E-state index contributed by atoms with van der Waals surface area (Å²) in [7, 11) is 0. The quantitative estimate of drug-likeness (QED) is 0.860. The molecule has 2 N–H and O–H groups in total. The number of carbonyl (C=O) groups excluding carboxylic acids is 2. The van der Waals surface area contributed by atoms with Gasteiger partial charge >= 0.3 is 0 Å². The van der Waals surface area contributed by atoms with Crippen LogP contribution in [0.2, 0.25) is 5.02 Å². The van der Waals surface area contributed by atoms with Gasteiger partial charge in [0, 0.05) is 23.0 Å². The first kappa shape index (κ1) is 14.7. The molecular weight excluding hydrogens is 302 g/mol. The van der Waals surface area contributed by atoms with E-state index in [0.717, 1.165) is 5.56 Å². The molecule has 0 radical (unpaired) electrons. The fraction of sp³-hybridized carbons (Fsp3) is 0.188. The van der Waals surface area contributed by atoms with E-state index in [1.54, 1.807) is 36.7 Å². The summed E-state index contributed by atoms with van der Waals surface area (Å²) in [5, 5.41) is 2.39. The van der Waals surface area contributed by atoms with Gasteiger partial charge in [-0.25, -0.2) is 4.90 Å². The number of quaternary nitrogens is 1. The van der Waals surface area contributed by atoms with E-state index in [9.17, 15) is 9.59 Å². The van der Waals surface area contributed by atoms with Crippen LogP contribution in [0.5, 0.6) is 0 Å². The summed E-state index contributed by atoms with van der Waals surface area (Å²) in [5.74, 6) is -0.385. The molecule has 1 aromatic heterocycles. The van der Waals surface area contributed by atoms with E-state index in [-0.39, 0.29) is 24.3 Å². The lowest BCUT2D eigenvalue weighted by atomic mass is 10.2. The van der Waals surface area contributed by atoms with Crippen LogP contribution in [-0.4, -0.2) is 22.8 Å². The predicted octanol–water partition coefficient (Wildman–Crippen LogP) is 1.13. The van der Waals surface area contributed by atoms with E-state index in [1.165, 1.54) is 4.90 Å². The second kappa shape index (κ2) is 6.25. The Balaban J connectivity index is 1.71. The largest absolute Gasteiger partial charge is 0.332 e. The molecule has 1 unspecified atom stereocenters. The van der Waals surface area contributed by atoms with Crippen molar-refractivity contribution in [2.45, 2.75) is 19.0 Å². The van der Waals surface area contributed by atoms with Crippen LogP contribution in [0.15, 0.2) is 48.8 Å². The standard InChI is InChI=1S/C16H14ClN3O2/c17-12-2-1-3-13(8-12)20-15(21)9-14(16(20)22)19-10-11-4-6-18-7-5-11/h1-8,14,19H,9-10H2/p+1. The molecule has 6 heteroatoms. The van der Waals surface area contributed by atoms with Crippen LogP contribution in [0.3, 0.4) is 0 Å². The van der Waals surface area contributed by atoms with Gasteiger partial charge in [0.1, 0.15) is 6.54 Å². The van der Waals surface area contributed by atoms with Gasteiger partial charge in [-0.3, -0.25) is 14.6 Å². The van der Waals surface area contributed by atoms with Gasteiger partial charge in [0.15, 0.2) is 6.04 Å². The topological polar surface area (TPSA) is 66.9 Å². The lowest BCUT2D eigenvalue weighted by Gasteiger charge is -2.14. The number of anilines is 1. The third-order valence-corrected chi connectivity index (χ3v) is 3.87. The van der Waals surface area contributed by atoms with Crippen molar-refractivity contribution in [1.82, 2.24) is 4.98 Å². The molecule has 1 atom stereocenters. The Labute approximate surface area is 132 Å². The molecule has 1 saturated heterocycles. The van der Waals surface area contributed by atoms with Crippen LogP contribution in [0, 0.1) is 0 Å². The summed E-state index contributed by atoms with van der Waals surface area (Å²) in [4.78, 5) is 29.8. The van der Waals surface area contributed by atoms with Gasteiger partial charge < -0.3 is 5.32 Å². The highest BCUT2D eigenvalue weighted by atomic mass is 35.5. The Morgan fingerprint density at radius 1 is 1.23 bits per heavy atom. The van der Waals surface area contributed by atoms with Crippen molar-refractivity contribution in [3.8, 4) is 0 Å². The number of aromatic nitrogens is 1. The summed E-state index contributed by atoms with van der Waals surface area (Å²) >= 11 is 5.93. The molecule has 1 aromatic carbocycles. The third kappa shape index (κ3) is 3.00. The number of nitrogens with two attached hydrogens (primary N) is 1. The number of nitrogens with zero attached hydrogens (tertiary/aromatic N) is 2. The molecule has 1 fully saturated rings. The van der Waals surface area contributed by atoms with Gasteiger partial charge in [-0.1, -0.05) is 17.7 Å². The van der Waals surface area contributed by atoms with Crippen LogP contribution >= 0.6 is 11.6 Å². The van der Waals surface area contributed by atoms with Crippen molar-refractivity contribution in [1.29, 1.82) is 0 Å². The molecule has 1 aliphatic heterocycles. The minimum Gasteiger partial charge on any atom is -0.332 e. The molecule has 2 heterocycles. The summed E-state index contributed by atoms with van der Waals surface area (Å²) in [6.45, 7) is 0.635. The predicted molar refractivity (Wildman–Crippen MR) is 82.2 cm³/mol. The van der Waals surface area contributed by atoms with Crippen LogP contribution in [0.25, 0.3) is 0 Å². The van der Waals surface area contributed by atoms with E-state index >= 15 is 0 Å². The van der Waals surface area contributed by atoms with Crippen molar-refractivity contribution in [2.24, 2.45) is 0 Å². The number of amides is 2. The smallest absolute Gasteiger partial charge is 0.292 e. The minimum atomic E-state index is -0.389. The monoisotopic (exact) mass is 316 g/mol. The van der Waals surface area contributed by atoms with Crippen molar-refractivity contribution in [3.63, 3.8) is 0 Å². The zero-order valence-corrected chi connectivity index (χ0v) is 12.5. The highest BCUT2D eigenvalue weighted by molar-refractivity contribution is 6.31. The maximum atomic E-state index is 12.5. The summed E-state index contributed by atoms with van der Waals surface area (Å²) in [6, 6.07) is 10.2. The van der Waals surface area contributed by atoms with Crippen LogP contribution in [0.1, 0.15) is 12.0 Å². The van der Waals surface area contributed by atoms with Gasteiger partial charge in [-0.05, 0) is 30.3 Å². The summed E-state index contributed by atoms with van der Waals surface area (Å²) in [6.07, 6.45) is 3.63. The maximum absolute atomic E-state index is 12.5. The fourth-order valence-corrected chi connectivity index (χ4v) is 2.71. The van der Waals surface area contributed by atoms with Gasteiger partial charge in [0.2, 0.25) is 5.91 Å². The zero-order chi connectivity index (χ0) is 15.5. The molecule has 22 heavy (non-hydrogen) atoms. The zero-order valence-electron chi connectivity index (χ0n) is 11.8.